The maximum atomic E-state index is 13.6. The van der Waals surface area contributed by atoms with Gasteiger partial charge >= 0.3 is 0 Å². The van der Waals surface area contributed by atoms with Crippen molar-refractivity contribution in [2.24, 2.45) is 11.8 Å². The van der Waals surface area contributed by atoms with Gasteiger partial charge in [-0.3, -0.25) is 4.79 Å². The van der Waals surface area contributed by atoms with Crippen molar-refractivity contribution in [3.8, 4) is 0 Å². The molecule has 6 nitrogen and oxygen atoms in total. The van der Waals surface area contributed by atoms with Gasteiger partial charge in [-0.1, -0.05) is 13.3 Å². The van der Waals surface area contributed by atoms with E-state index in [1.807, 2.05) is 6.92 Å². The quantitative estimate of drug-likeness (QED) is 0.751. The van der Waals surface area contributed by atoms with Crippen LogP contribution in [0.4, 0.5) is 4.39 Å². The summed E-state index contributed by atoms with van der Waals surface area (Å²) in [6, 6.07) is -0.137. The number of carbonyl (C=O) groups is 1. The van der Waals surface area contributed by atoms with E-state index in [0.29, 0.717) is 51.7 Å². The smallest absolute Gasteiger partial charge is 0.223 e. The minimum atomic E-state index is -3.44. The van der Waals surface area contributed by atoms with Crippen molar-refractivity contribution in [2.75, 3.05) is 13.2 Å². The molecule has 0 aromatic carbocycles. The zero-order valence-electron chi connectivity index (χ0n) is 15.5. The first kappa shape index (κ1) is 20.0. The maximum Gasteiger partial charge on any atom is 0.223 e. The molecular formula is C18H31FN2O4S. The van der Waals surface area contributed by atoms with Gasteiger partial charge in [-0.25, -0.2) is 17.5 Å². The van der Waals surface area contributed by atoms with E-state index in [4.69, 9.17) is 4.74 Å². The van der Waals surface area contributed by atoms with Crippen molar-refractivity contribution in [3.63, 3.8) is 0 Å². The molecule has 1 saturated heterocycles. The Balaban J connectivity index is 1.53. The summed E-state index contributed by atoms with van der Waals surface area (Å²) in [5, 5.41) is 2.52. The highest BCUT2D eigenvalue weighted by Crippen LogP contribution is 2.31. The molecule has 3 fully saturated rings. The van der Waals surface area contributed by atoms with E-state index in [2.05, 4.69) is 10.0 Å². The molecule has 1 heterocycles. The lowest BCUT2D eigenvalue weighted by atomic mass is 9.84. The molecule has 6 atom stereocenters. The van der Waals surface area contributed by atoms with Crippen LogP contribution in [0.3, 0.4) is 0 Å². The summed E-state index contributed by atoms with van der Waals surface area (Å²) in [6.45, 7) is 2.89. The number of amides is 1. The molecule has 0 aromatic rings. The standard InChI is InChI=1S/C18H31FN2O4S/c1-12-9-14(5-6-17(12)19)20-18(22)13-3-2-4-16(10-13)26(23,24)21-15-7-8-25-11-15/h12-17,21H,2-11H2,1H3,(H,20,22)/t12?,13?,14?,15-,16?,17?/m0/s1. The Labute approximate surface area is 155 Å². The Kier molecular flexibility index (Phi) is 6.56. The summed E-state index contributed by atoms with van der Waals surface area (Å²) in [6.07, 6.45) is 4.14. The number of alkyl halides is 1. The number of nitrogens with one attached hydrogen (secondary N) is 2. The SMILES string of the molecule is CC1CC(NC(=O)C2CCCC(S(=O)(=O)N[C@H]3CCOC3)C2)CCC1F. The van der Waals surface area contributed by atoms with E-state index in [1.165, 1.54) is 0 Å². The van der Waals surface area contributed by atoms with Gasteiger partial charge in [0.2, 0.25) is 15.9 Å². The molecule has 1 aliphatic heterocycles. The van der Waals surface area contributed by atoms with E-state index >= 15 is 0 Å². The number of halogens is 1. The lowest BCUT2D eigenvalue weighted by Crippen LogP contribution is -2.47. The van der Waals surface area contributed by atoms with Gasteiger partial charge in [0.25, 0.3) is 0 Å². The molecule has 1 amide bonds. The summed E-state index contributed by atoms with van der Waals surface area (Å²) in [5.41, 5.74) is 0. The fourth-order valence-corrected chi connectivity index (χ4v) is 6.24. The Morgan fingerprint density at radius 3 is 2.58 bits per heavy atom. The molecule has 150 valence electrons. The van der Waals surface area contributed by atoms with Crippen LogP contribution in [0.2, 0.25) is 0 Å². The highest BCUT2D eigenvalue weighted by atomic mass is 32.2. The van der Waals surface area contributed by atoms with Crippen molar-refractivity contribution >= 4 is 15.9 Å². The zero-order chi connectivity index (χ0) is 18.7. The molecule has 8 heteroatoms. The van der Waals surface area contributed by atoms with Crippen LogP contribution in [-0.2, 0) is 19.6 Å². The normalized spacial score (nSPS) is 38.8. The number of hydrogen-bond acceptors (Lipinski definition) is 4. The van der Waals surface area contributed by atoms with Gasteiger partial charge in [-0.05, 0) is 50.9 Å². The molecule has 26 heavy (non-hydrogen) atoms. The van der Waals surface area contributed by atoms with Gasteiger partial charge in [0.15, 0.2) is 0 Å². The predicted molar refractivity (Wildman–Crippen MR) is 96.9 cm³/mol. The molecular weight excluding hydrogens is 359 g/mol. The van der Waals surface area contributed by atoms with E-state index in [-0.39, 0.29) is 29.8 Å². The van der Waals surface area contributed by atoms with E-state index < -0.39 is 21.4 Å². The van der Waals surface area contributed by atoms with Gasteiger partial charge < -0.3 is 10.1 Å². The molecule has 0 aromatic heterocycles. The van der Waals surface area contributed by atoms with Crippen molar-refractivity contribution in [1.29, 1.82) is 0 Å². The molecule has 3 rings (SSSR count). The fraction of sp³-hybridized carbons (Fsp3) is 0.944. The largest absolute Gasteiger partial charge is 0.380 e. The van der Waals surface area contributed by atoms with Crippen molar-refractivity contribution in [3.05, 3.63) is 0 Å². The molecule has 3 aliphatic rings. The van der Waals surface area contributed by atoms with Gasteiger partial charge in [0.05, 0.1) is 11.9 Å². The van der Waals surface area contributed by atoms with Crippen LogP contribution in [0.15, 0.2) is 0 Å². The van der Waals surface area contributed by atoms with E-state index in [1.54, 1.807) is 0 Å². The number of rotatable bonds is 5. The van der Waals surface area contributed by atoms with Crippen LogP contribution in [0.25, 0.3) is 0 Å². The zero-order valence-corrected chi connectivity index (χ0v) is 16.3. The number of sulfonamides is 1. The monoisotopic (exact) mass is 390 g/mol. The second kappa shape index (κ2) is 8.52. The molecule has 5 unspecified atom stereocenters. The highest BCUT2D eigenvalue weighted by Gasteiger charge is 2.37. The van der Waals surface area contributed by atoms with Crippen molar-refractivity contribution in [1.82, 2.24) is 10.0 Å². The lowest BCUT2D eigenvalue weighted by molar-refractivity contribution is -0.127. The minimum Gasteiger partial charge on any atom is -0.380 e. The fourth-order valence-electron chi connectivity index (χ4n) is 4.43. The first-order valence-electron chi connectivity index (χ1n) is 9.88. The summed E-state index contributed by atoms with van der Waals surface area (Å²) >= 11 is 0. The lowest BCUT2D eigenvalue weighted by Gasteiger charge is -2.33. The summed E-state index contributed by atoms with van der Waals surface area (Å²) in [5.74, 6) is -0.376. The van der Waals surface area contributed by atoms with Gasteiger partial charge in [-0.2, -0.15) is 0 Å². The van der Waals surface area contributed by atoms with E-state index in [0.717, 1.165) is 12.8 Å². The topological polar surface area (TPSA) is 84.5 Å². The predicted octanol–water partition coefficient (Wildman–Crippen LogP) is 1.90. The number of hydrogen-bond donors (Lipinski definition) is 2. The number of carbonyl (C=O) groups excluding carboxylic acids is 1. The average molecular weight is 391 g/mol. The van der Waals surface area contributed by atoms with Crippen molar-refractivity contribution in [2.45, 2.75) is 81.8 Å². The Hall–Kier alpha value is -0.730. The minimum absolute atomic E-state index is 0.00949. The second-order valence-electron chi connectivity index (χ2n) is 8.22. The third-order valence-electron chi connectivity index (χ3n) is 6.11. The van der Waals surface area contributed by atoms with Gasteiger partial charge in [0.1, 0.15) is 6.17 Å². The highest BCUT2D eigenvalue weighted by molar-refractivity contribution is 7.90. The summed E-state index contributed by atoms with van der Waals surface area (Å²) < 4.78 is 46.9. The third kappa shape index (κ3) is 4.95. The first-order valence-corrected chi connectivity index (χ1v) is 11.4. The molecule has 0 spiro atoms. The van der Waals surface area contributed by atoms with Crippen LogP contribution < -0.4 is 10.0 Å². The number of ether oxygens (including phenoxy) is 1. The maximum absolute atomic E-state index is 13.6. The molecule has 0 radical (unpaired) electrons. The Morgan fingerprint density at radius 1 is 1.08 bits per heavy atom. The molecule has 0 bridgehead atoms. The van der Waals surface area contributed by atoms with Crippen LogP contribution in [0.1, 0.15) is 58.3 Å². The van der Waals surface area contributed by atoms with Crippen LogP contribution in [0.5, 0.6) is 0 Å². The van der Waals surface area contributed by atoms with Gasteiger partial charge in [-0.15, -0.1) is 0 Å². The Morgan fingerprint density at radius 2 is 1.88 bits per heavy atom. The van der Waals surface area contributed by atoms with Crippen LogP contribution in [0, 0.1) is 11.8 Å². The molecule has 2 N–H and O–H groups in total. The third-order valence-corrected chi connectivity index (χ3v) is 8.08. The summed E-state index contributed by atoms with van der Waals surface area (Å²) in [4.78, 5) is 12.6. The summed E-state index contributed by atoms with van der Waals surface area (Å²) in [7, 11) is -3.44. The van der Waals surface area contributed by atoms with E-state index in [9.17, 15) is 17.6 Å². The van der Waals surface area contributed by atoms with Crippen LogP contribution in [-0.4, -0.2) is 51.0 Å². The van der Waals surface area contributed by atoms with Crippen molar-refractivity contribution < 1.29 is 22.3 Å². The van der Waals surface area contributed by atoms with Gasteiger partial charge in [0, 0.05) is 24.6 Å². The van der Waals surface area contributed by atoms with Crippen LogP contribution >= 0.6 is 0 Å². The first-order chi connectivity index (χ1) is 12.3. The molecule has 2 saturated carbocycles. The average Bonchev–Trinajstić information content (AvgIpc) is 3.10. The second-order valence-corrected chi connectivity index (χ2v) is 10.2. The Bertz CT molecular complexity index is 594. The molecule has 2 aliphatic carbocycles.